The average molecular weight is 393 g/mol. The van der Waals surface area contributed by atoms with Crippen LogP contribution < -0.4 is 10.0 Å². The highest BCUT2D eigenvalue weighted by Gasteiger charge is 2.36. The van der Waals surface area contributed by atoms with E-state index in [1.165, 1.54) is 0 Å². The Balaban J connectivity index is 0.000000561. The molecule has 0 aliphatic carbocycles. The second-order valence-electron chi connectivity index (χ2n) is 4.36. The third-order valence-corrected chi connectivity index (χ3v) is 3.43. The largest absolute Gasteiger partial charge is 0.741 e. The molecule has 0 saturated carbocycles. The summed E-state index contributed by atoms with van der Waals surface area (Å²) in [4.78, 5) is 16.7. The maximum Gasteiger partial charge on any atom is 0.485 e. The van der Waals surface area contributed by atoms with Crippen LogP contribution in [-0.2, 0) is 22.0 Å². The monoisotopic (exact) mass is 392 g/mol. The minimum absolute atomic E-state index is 0.322. The molecule has 0 unspecified atom stereocenters. The molecule has 1 rings (SSSR count). The number of amides is 1. The number of pyridine rings is 1. The van der Waals surface area contributed by atoms with E-state index in [-0.39, 0.29) is 5.91 Å². The van der Waals surface area contributed by atoms with Crippen molar-refractivity contribution in [2.75, 3.05) is 6.61 Å². The summed E-state index contributed by atoms with van der Waals surface area (Å²) in [5, 5.41) is 0.388. The van der Waals surface area contributed by atoms with E-state index >= 15 is 0 Å². The van der Waals surface area contributed by atoms with Gasteiger partial charge >= 0.3 is 5.51 Å². The van der Waals surface area contributed by atoms with Crippen LogP contribution in [0.1, 0.15) is 30.1 Å². The molecule has 0 bridgehead atoms. The van der Waals surface area contributed by atoms with Gasteiger partial charge in [0.15, 0.2) is 16.3 Å². The summed E-state index contributed by atoms with van der Waals surface area (Å²) < 4.78 is 60.6. The number of rotatable bonds is 5. The molecule has 24 heavy (non-hydrogen) atoms. The molecule has 0 radical (unpaired) electrons. The summed E-state index contributed by atoms with van der Waals surface area (Å²) in [6, 6.07) is 3.41. The summed E-state index contributed by atoms with van der Waals surface area (Å²) in [5.74, 6) is -0.322. The van der Waals surface area contributed by atoms with Gasteiger partial charge in [0.05, 0.1) is 6.61 Å². The molecule has 1 aromatic rings. The number of hydrogen-bond donors (Lipinski definition) is 1. The topological polar surface area (TPSA) is 99.4 Å². The number of halogens is 4. The van der Waals surface area contributed by atoms with Crippen molar-refractivity contribution >= 4 is 27.6 Å². The number of nitrogens with zero attached hydrogens (tertiary/aromatic N) is 1. The van der Waals surface area contributed by atoms with Gasteiger partial charge in [-0.15, -0.1) is 0 Å². The molecular formula is C12H16ClF3N2O5S. The second kappa shape index (κ2) is 9.77. The first-order valence-corrected chi connectivity index (χ1v) is 8.28. The van der Waals surface area contributed by atoms with Gasteiger partial charge in [-0.1, -0.05) is 13.3 Å². The first kappa shape index (κ1) is 22.6. The minimum Gasteiger partial charge on any atom is -0.741 e. The van der Waals surface area contributed by atoms with Crippen molar-refractivity contribution in [2.24, 2.45) is 7.05 Å². The number of alkyl halides is 3. The van der Waals surface area contributed by atoms with E-state index in [2.05, 4.69) is 12.4 Å². The molecule has 0 fully saturated rings. The van der Waals surface area contributed by atoms with Crippen LogP contribution >= 0.6 is 11.6 Å². The lowest BCUT2D eigenvalue weighted by Gasteiger charge is -2.08. The van der Waals surface area contributed by atoms with E-state index in [0.717, 1.165) is 12.8 Å². The van der Waals surface area contributed by atoms with Crippen LogP contribution in [0.2, 0.25) is 5.15 Å². The van der Waals surface area contributed by atoms with Crippen LogP contribution in [-0.4, -0.2) is 31.0 Å². The highest BCUT2D eigenvalue weighted by Crippen LogP contribution is 2.20. The van der Waals surface area contributed by atoms with Gasteiger partial charge in [-0.05, 0) is 24.1 Å². The van der Waals surface area contributed by atoms with E-state index in [9.17, 15) is 18.0 Å². The SMILES string of the molecule is CCCCONC(=O)c1ccc[n+](C)c1Cl.O=S(=O)([O-])C(F)(F)F. The Bertz CT molecular complexity index is 653. The predicted molar refractivity (Wildman–Crippen MR) is 76.7 cm³/mol. The molecule has 0 spiro atoms. The van der Waals surface area contributed by atoms with E-state index in [0.29, 0.717) is 17.3 Å². The highest BCUT2D eigenvalue weighted by molar-refractivity contribution is 7.86. The normalized spacial score (nSPS) is 11.5. The number of nitrogens with one attached hydrogen (secondary N) is 1. The van der Waals surface area contributed by atoms with Crippen LogP contribution in [0.15, 0.2) is 18.3 Å². The highest BCUT2D eigenvalue weighted by atomic mass is 35.5. The van der Waals surface area contributed by atoms with Crippen molar-refractivity contribution in [1.29, 1.82) is 0 Å². The Hall–Kier alpha value is -1.43. The summed E-state index contributed by atoms with van der Waals surface area (Å²) in [5.41, 5.74) is -2.88. The Morgan fingerprint density at radius 1 is 1.46 bits per heavy atom. The number of hydrogen-bond acceptors (Lipinski definition) is 5. The third kappa shape index (κ3) is 7.90. The van der Waals surface area contributed by atoms with Crippen molar-refractivity contribution in [3.8, 4) is 0 Å². The minimum atomic E-state index is -6.09. The number of carbonyl (C=O) groups is 1. The van der Waals surface area contributed by atoms with Gasteiger partial charge in [0.1, 0.15) is 12.6 Å². The molecule has 0 aliphatic heterocycles. The van der Waals surface area contributed by atoms with E-state index in [4.69, 9.17) is 29.4 Å². The second-order valence-corrected chi connectivity index (χ2v) is 6.09. The maximum atomic E-state index is 11.6. The van der Waals surface area contributed by atoms with Crippen LogP contribution in [0.3, 0.4) is 0 Å². The van der Waals surface area contributed by atoms with Gasteiger partial charge < -0.3 is 4.55 Å². The zero-order chi connectivity index (χ0) is 19.0. The number of carbonyl (C=O) groups excluding carboxylic acids is 1. The van der Waals surface area contributed by atoms with Gasteiger partial charge in [0, 0.05) is 6.07 Å². The van der Waals surface area contributed by atoms with Crippen LogP contribution in [0.4, 0.5) is 13.2 Å². The fraction of sp³-hybridized carbons (Fsp3) is 0.500. The van der Waals surface area contributed by atoms with Crippen molar-refractivity contribution < 1.29 is 40.3 Å². The molecule has 0 saturated heterocycles. The Morgan fingerprint density at radius 2 is 2.00 bits per heavy atom. The van der Waals surface area contributed by atoms with Crippen molar-refractivity contribution in [2.45, 2.75) is 25.3 Å². The Kier molecular flexibility index (Phi) is 9.18. The van der Waals surface area contributed by atoms with E-state index in [1.807, 2.05) is 0 Å². The van der Waals surface area contributed by atoms with E-state index < -0.39 is 15.6 Å². The first-order valence-electron chi connectivity index (χ1n) is 6.50. The van der Waals surface area contributed by atoms with Gasteiger partial charge in [0.25, 0.3) is 11.1 Å². The summed E-state index contributed by atoms with van der Waals surface area (Å²) in [6.07, 6.45) is 3.71. The van der Waals surface area contributed by atoms with Crippen molar-refractivity contribution in [3.63, 3.8) is 0 Å². The van der Waals surface area contributed by atoms with Crippen molar-refractivity contribution in [3.05, 3.63) is 29.0 Å². The van der Waals surface area contributed by atoms with Gasteiger partial charge in [0.2, 0.25) is 0 Å². The van der Waals surface area contributed by atoms with Gasteiger partial charge in [-0.3, -0.25) is 9.63 Å². The molecule has 138 valence electrons. The molecule has 0 aliphatic rings. The molecule has 12 heteroatoms. The molecule has 1 heterocycles. The van der Waals surface area contributed by atoms with Gasteiger partial charge in [-0.25, -0.2) is 13.9 Å². The number of aromatic nitrogens is 1. The van der Waals surface area contributed by atoms with E-state index in [1.54, 1.807) is 29.9 Å². The lowest BCUT2D eigenvalue weighted by Crippen LogP contribution is -2.33. The Morgan fingerprint density at radius 3 is 2.46 bits per heavy atom. The standard InChI is InChI=1S/C11H15ClN2O2.CHF3O3S/c1-3-4-8-16-13-11(15)9-6-5-7-14(2)10(9)12;2-1(3,4)8(5,6)7/h5-7H,3-4,8H2,1-2H3;(H,5,6,7). The fourth-order valence-electron chi connectivity index (χ4n) is 1.15. The summed E-state index contributed by atoms with van der Waals surface area (Å²) >= 11 is 5.97. The zero-order valence-corrected chi connectivity index (χ0v) is 14.3. The smallest absolute Gasteiger partial charge is 0.485 e. The maximum absolute atomic E-state index is 11.6. The van der Waals surface area contributed by atoms with Crippen LogP contribution in [0.25, 0.3) is 0 Å². The van der Waals surface area contributed by atoms with Gasteiger partial charge in [-0.2, -0.15) is 17.7 Å². The summed E-state index contributed by atoms with van der Waals surface area (Å²) in [6.45, 7) is 2.57. The fourth-order valence-corrected chi connectivity index (χ4v) is 1.36. The molecule has 1 amide bonds. The third-order valence-electron chi connectivity index (χ3n) is 2.40. The lowest BCUT2D eigenvalue weighted by molar-refractivity contribution is -0.669. The summed E-state index contributed by atoms with van der Waals surface area (Å²) in [7, 11) is -4.32. The van der Waals surface area contributed by atoms with Crippen LogP contribution in [0.5, 0.6) is 0 Å². The van der Waals surface area contributed by atoms with Crippen molar-refractivity contribution in [1.82, 2.24) is 5.48 Å². The lowest BCUT2D eigenvalue weighted by atomic mass is 10.3. The molecule has 7 nitrogen and oxygen atoms in total. The average Bonchev–Trinajstić information content (AvgIpc) is 2.45. The molecule has 0 atom stereocenters. The zero-order valence-electron chi connectivity index (χ0n) is 12.8. The molecule has 0 aromatic carbocycles. The Labute approximate surface area is 142 Å². The molecular weight excluding hydrogens is 377 g/mol. The quantitative estimate of drug-likeness (QED) is 0.205. The molecule has 1 aromatic heterocycles. The van der Waals surface area contributed by atoms with Crippen LogP contribution in [0, 0.1) is 0 Å². The number of unbranched alkanes of at least 4 members (excludes halogenated alkanes) is 1. The number of hydroxylamine groups is 1. The predicted octanol–water partition coefficient (Wildman–Crippen LogP) is 1.68. The first-order chi connectivity index (χ1) is 10.9. The number of aryl methyl sites for hydroxylation is 1. The molecule has 1 N–H and O–H groups in total.